The molecule has 0 saturated carbocycles. The number of carbonyl (C=O) groups is 1. The summed E-state index contributed by atoms with van der Waals surface area (Å²) in [6.45, 7) is 4.53. The zero-order valence-electron chi connectivity index (χ0n) is 12.9. The highest BCUT2D eigenvalue weighted by Gasteiger charge is 2.03. The van der Waals surface area contributed by atoms with Crippen LogP contribution in [-0.2, 0) is 11.3 Å². The third-order valence-electron chi connectivity index (χ3n) is 2.90. The lowest BCUT2D eigenvalue weighted by Crippen LogP contribution is -2.24. The molecule has 0 aliphatic carbocycles. The highest BCUT2D eigenvalue weighted by Crippen LogP contribution is 2.16. The van der Waals surface area contributed by atoms with Gasteiger partial charge in [-0.25, -0.2) is 0 Å². The number of benzene rings is 2. The number of amides is 1. The van der Waals surface area contributed by atoms with Gasteiger partial charge in [-0.2, -0.15) is 0 Å². The van der Waals surface area contributed by atoms with Gasteiger partial charge in [0.25, 0.3) is 0 Å². The fraction of sp³-hybridized carbons (Fsp3) is 0.278. The Morgan fingerprint density at radius 2 is 1.77 bits per heavy atom. The second-order valence-electron chi connectivity index (χ2n) is 5.19. The van der Waals surface area contributed by atoms with Crippen LogP contribution in [0.5, 0.6) is 5.75 Å². The summed E-state index contributed by atoms with van der Waals surface area (Å²) in [7, 11) is 0. The van der Waals surface area contributed by atoms with Gasteiger partial charge in [0.2, 0.25) is 5.91 Å². The van der Waals surface area contributed by atoms with Crippen molar-refractivity contribution in [3.63, 3.8) is 0 Å². The van der Waals surface area contributed by atoms with Gasteiger partial charge in [0.05, 0.1) is 11.9 Å². The van der Waals surface area contributed by atoms with E-state index in [4.69, 9.17) is 4.74 Å². The minimum Gasteiger partial charge on any atom is -0.491 e. The number of thioether (sulfide) groups is 1. The van der Waals surface area contributed by atoms with Crippen molar-refractivity contribution in [3.05, 3.63) is 60.2 Å². The maximum atomic E-state index is 11.8. The average Bonchev–Trinajstić information content (AvgIpc) is 2.53. The Balaban J connectivity index is 1.74. The van der Waals surface area contributed by atoms with E-state index in [1.165, 1.54) is 0 Å². The van der Waals surface area contributed by atoms with E-state index in [0.29, 0.717) is 12.3 Å². The van der Waals surface area contributed by atoms with Crippen molar-refractivity contribution in [3.8, 4) is 5.75 Å². The summed E-state index contributed by atoms with van der Waals surface area (Å²) in [4.78, 5) is 12.9. The Bertz CT molecular complexity index is 582. The van der Waals surface area contributed by atoms with Gasteiger partial charge in [-0.3, -0.25) is 4.79 Å². The first-order chi connectivity index (χ1) is 10.6. The van der Waals surface area contributed by atoms with Crippen molar-refractivity contribution < 1.29 is 9.53 Å². The average molecular weight is 315 g/mol. The van der Waals surface area contributed by atoms with Gasteiger partial charge in [0.1, 0.15) is 5.75 Å². The Morgan fingerprint density at radius 3 is 2.41 bits per heavy atom. The molecule has 1 N–H and O–H groups in total. The first-order valence-corrected chi connectivity index (χ1v) is 8.32. The number of carbonyl (C=O) groups excluding carboxylic acids is 1. The highest BCUT2D eigenvalue weighted by atomic mass is 32.2. The van der Waals surface area contributed by atoms with Crippen LogP contribution in [0.25, 0.3) is 0 Å². The second-order valence-corrected chi connectivity index (χ2v) is 6.24. The van der Waals surface area contributed by atoms with E-state index in [0.717, 1.165) is 16.2 Å². The number of hydrogen-bond donors (Lipinski definition) is 1. The summed E-state index contributed by atoms with van der Waals surface area (Å²) in [5.74, 6) is 1.32. The van der Waals surface area contributed by atoms with E-state index in [1.807, 2.05) is 68.4 Å². The van der Waals surface area contributed by atoms with Crippen LogP contribution in [0.2, 0.25) is 0 Å². The van der Waals surface area contributed by atoms with Crippen molar-refractivity contribution in [2.75, 3.05) is 5.75 Å². The molecule has 2 aromatic rings. The maximum absolute atomic E-state index is 11.8. The topological polar surface area (TPSA) is 38.3 Å². The molecule has 0 aromatic heterocycles. The van der Waals surface area contributed by atoms with Crippen LogP contribution in [0.4, 0.5) is 0 Å². The van der Waals surface area contributed by atoms with Crippen LogP contribution in [0.15, 0.2) is 59.5 Å². The van der Waals surface area contributed by atoms with E-state index in [9.17, 15) is 4.79 Å². The van der Waals surface area contributed by atoms with E-state index in [1.54, 1.807) is 11.8 Å². The maximum Gasteiger partial charge on any atom is 0.230 e. The summed E-state index contributed by atoms with van der Waals surface area (Å²) < 4.78 is 5.59. The molecule has 4 heteroatoms. The quantitative estimate of drug-likeness (QED) is 0.788. The van der Waals surface area contributed by atoms with Gasteiger partial charge in [-0.05, 0) is 43.7 Å². The Kier molecular flexibility index (Phi) is 6.34. The normalized spacial score (nSPS) is 10.5. The van der Waals surface area contributed by atoms with Crippen molar-refractivity contribution in [2.45, 2.75) is 31.4 Å². The first-order valence-electron chi connectivity index (χ1n) is 7.33. The predicted molar refractivity (Wildman–Crippen MR) is 91.2 cm³/mol. The Labute approximate surface area is 136 Å². The molecule has 22 heavy (non-hydrogen) atoms. The summed E-state index contributed by atoms with van der Waals surface area (Å²) in [6.07, 6.45) is 0.167. The molecular weight excluding hydrogens is 294 g/mol. The number of ether oxygens (including phenoxy) is 1. The molecule has 3 nitrogen and oxygen atoms in total. The van der Waals surface area contributed by atoms with Gasteiger partial charge in [0.15, 0.2) is 0 Å². The van der Waals surface area contributed by atoms with Gasteiger partial charge >= 0.3 is 0 Å². The standard InChI is InChI=1S/C18H21NO2S/c1-14(2)21-16-10-8-15(9-11-16)12-19-18(20)13-22-17-6-4-3-5-7-17/h3-11,14H,12-13H2,1-2H3,(H,19,20). The third kappa shape index (κ3) is 5.82. The minimum atomic E-state index is 0.0383. The van der Waals surface area contributed by atoms with Crippen LogP contribution in [0, 0.1) is 0 Å². The molecule has 0 atom stereocenters. The van der Waals surface area contributed by atoms with E-state index in [2.05, 4.69) is 5.32 Å². The molecule has 2 rings (SSSR count). The summed E-state index contributed by atoms with van der Waals surface area (Å²) >= 11 is 1.54. The lowest BCUT2D eigenvalue weighted by molar-refractivity contribution is -0.118. The summed E-state index contributed by atoms with van der Waals surface area (Å²) in [5, 5.41) is 2.93. The Hall–Kier alpha value is -1.94. The molecule has 0 heterocycles. The smallest absolute Gasteiger partial charge is 0.230 e. The molecule has 116 valence electrons. The fourth-order valence-corrected chi connectivity index (χ4v) is 2.62. The molecule has 0 saturated heterocycles. The molecule has 0 fully saturated rings. The molecule has 0 aliphatic heterocycles. The van der Waals surface area contributed by atoms with Crippen LogP contribution >= 0.6 is 11.8 Å². The van der Waals surface area contributed by atoms with E-state index < -0.39 is 0 Å². The van der Waals surface area contributed by atoms with Gasteiger partial charge < -0.3 is 10.1 Å². The molecule has 0 bridgehead atoms. The van der Waals surface area contributed by atoms with Gasteiger partial charge in [-0.1, -0.05) is 30.3 Å². The van der Waals surface area contributed by atoms with Crippen molar-refractivity contribution in [1.29, 1.82) is 0 Å². The van der Waals surface area contributed by atoms with Crippen molar-refractivity contribution in [2.24, 2.45) is 0 Å². The second kappa shape index (κ2) is 8.49. The highest BCUT2D eigenvalue weighted by molar-refractivity contribution is 8.00. The predicted octanol–water partition coefficient (Wildman–Crippen LogP) is 3.88. The number of hydrogen-bond acceptors (Lipinski definition) is 3. The molecular formula is C18H21NO2S. The van der Waals surface area contributed by atoms with Crippen LogP contribution in [0.1, 0.15) is 19.4 Å². The lowest BCUT2D eigenvalue weighted by Gasteiger charge is -2.10. The van der Waals surface area contributed by atoms with Crippen LogP contribution in [0.3, 0.4) is 0 Å². The SMILES string of the molecule is CC(C)Oc1ccc(CNC(=O)CSc2ccccc2)cc1. The zero-order valence-corrected chi connectivity index (χ0v) is 13.7. The zero-order chi connectivity index (χ0) is 15.8. The third-order valence-corrected chi connectivity index (χ3v) is 3.91. The first kappa shape index (κ1) is 16.4. The molecule has 1 amide bonds. The summed E-state index contributed by atoms with van der Waals surface area (Å²) in [5.41, 5.74) is 1.06. The molecule has 2 aromatic carbocycles. The number of rotatable bonds is 7. The summed E-state index contributed by atoms with van der Waals surface area (Å²) in [6, 6.07) is 17.7. The van der Waals surface area contributed by atoms with Gasteiger partial charge in [0, 0.05) is 11.4 Å². The van der Waals surface area contributed by atoms with E-state index >= 15 is 0 Å². The van der Waals surface area contributed by atoms with Crippen LogP contribution in [-0.4, -0.2) is 17.8 Å². The van der Waals surface area contributed by atoms with Gasteiger partial charge in [-0.15, -0.1) is 11.8 Å². The van der Waals surface area contributed by atoms with Crippen molar-refractivity contribution in [1.82, 2.24) is 5.32 Å². The number of nitrogens with one attached hydrogen (secondary N) is 1. The largest absolute Gasteiger partial charge is 0.491 e. The van der Waals surface area contributed by atoms with Crippen LogP contribution < -0.4 is 10.1 Å². The lowest BCUT2D eigenvalue weighted by atomic mass is 10.2. The molecule has 0 radical (unpaired) electrons. The van der Waals surface area contributed by atoms with Crippen molar-refractivity contribution >= 4 is 17.7 Å². The Morgan fingerprint density at radius 1 is 1.09 bits per heavy atom. The van der Waals surface area contributed by atoms with E-state index in [-0.39, 0.29) is 12.0 Å². The molecule has 0 unspecified atom stereocenters. The fourth-order valence-electron chi connectivity index (χ4n) is 1.88. The molecule has 0 aliphatic rings. The monoisotopic (exact) mass is 315 g/mol. The minimum absolute atomic E-state index is 0.0383. The molecule has 0 spiro atoms.